The Kier molecular flexibility index (Phi) is 4.49. The Balaban J connectivity index is 2.09. The van der Waals surface area contributed by atoms with E-state index < -0.39 is 11.3 Å². The van der Waals surface area contributed by atoms with E-state index in [1.165, 1.54) is 4.90 Å². The van der Waals surface area contributed by atoms with Crippen LogP contribution in [-0.2, 0) is 9.59 Å². The van der Waals surface area contributed by atoms with Gasteiger partial charge in [-0.25, -0.2) is 4.90 Å². The summed E-state index contributed by atoms with van der Waals surface area (Å²) in [6, 6.07) is 12.2. The normalized spacial score (nSPS) is 19.9. The molecule has 0 spiro atoms. The number of nitrogens with zero attached hydrogens (tertiary/aromatic N) is 1. The molecule has 3 rings (SSSR count). The lowest BCUT2D eigenvalue weighted by Crippen LogP contribution is -2.32. The van der Waals surface area contributed by atoms with Crippen molar-refractivity contribution in [1.29, 1.82) is 0 Å². The molecular weight excluding hydrogens is 413 g/mol. The molecule has 0 N–H and O–H groups in total. The lowest BCUT2D eigenvalue weighted by molar-refractivity contribution is -0.124. The molecule has 0 aliphatic carbocycles. The monoisotopic (exact) mass is 425 g/mol. The topological polar surface area (TPSA) is 37.4 Å². The number of rotatable bonds is 2. The molecule has 1 saturated heterocycles. The Hall–Kier alpha value is -1.36. The van der Waals surface area contributed by atoms with Gasteiger partial charge in [-0.1, -0.05) is 51.3 Å². The lowest BCUT2D eigenvalue weighted by atomic mass is 9.77. The second-order valence-electron chi connectivity index (χ2n) is 6.31. The number of hydrogen-bond donors (Lipinski definition) is 0. The van der Waals surface area contributed by atoms with Gasteiger partial charge in [-0.05, 0) is 49.7 Å². The summed E-state index contributed by atoms with van der Waals surface area (Å²) in [5.74, 6) is -1.10. The molecule has 6 heteroatoms. The average Bonchev–Trinajstić information content (AvgIpc) is 2.65. The van der Waals surface area contributed by atoms with Gasteiger partial charge in [0.1, 0.15) is 0 Å². The van der Waals surface area contributed by atoms with Gasteiger partial charge in [0.2, 0.25) is 11.8 Å². The van der Waals surface area contributed by atoms with Crippen LogP contribution in [0.5, 0.6) is 0 Å². The van der Waals surface area contributed by atoms with Crippen LogP contribution in [-0.4, -0.2) is 11.8 Å². The third-order valence-electron chi connectivity index (χ3n) is 4.25. The van der Waals surface area contributed by atoms with Gasteiger partial charge in [-0.15, -0.1) is 0 Å². The van der Waals surface area contributed by atoms with Gasteiger partial charge < -0.3 is 0 Å². The molecule has 3 nitrogen and oxygen atoms in total. The van der Waals surface area contributed by atoms with Crippen molar-refractivity contribution in [3.63, 3.8) is 0 Å². The molecule has 24 heavy (non-hydrogen) atoms. The summed E-state index contributed by atoms with van der Waals surface area (Å²) in [5, 5.41) is 0.756. The Bertz CT molecular complexity index is 813. The van der Waals surface area contributed by atoms with Crippen molar-refractivity contribution in [2.45, 2.75) is 19.8 Å². The Morgan fingerprint density at radius 1 is 1.00 bits per heavy atom. The molecule has 124 valence electrons. The molecule has 1 unspecified atom stereocenters. The minimum absolute atomic E-state index is 0.265. The summed E-state index contributed by atoms with van der Waals surface area (Å²) in [6.07, 6.45) is 0. The molecule has 2 amide bonds. The first-order valence-electron chi connectivity index (χ1n) is 7.32. The van der Waals surface area contributed by atoms with Crippen molar-refractivity contribution < 1.29 is 9.59 Å². The Morgan fingerprint density at radius 3 is 2.08 bits per heavy atom. The maximum absolute atomic E-state index is 13.0. The minimum atomic E-state index is -0.861. The van der Waals surface area contributed by atoms with Gasteiger partial charge in [0, 0.05) is 14.5 Å². The van der Waals surface area contributed by atoms with E-state index in [4.69, 9.17) is 23.2 Å². The van der Waals surface area contributed by atoms with Crippen molar-refractivity contribution in [2.75, 3.05) is 4.90 Å². The largest absolute Gasteiger partial charge is 0.273 e. The number of carbonyl (C=O) groups excluding carboxylic acids is 2. The summed E-state index contributed by atoms with van der Waals surface area (Å²) in [5.41, 5.74) is 0.340. The summed E-state index contributed by atoms with van der Waals surface area (Å²) < 4.78 is 0.916. The molecule has 0 bridgehead atoms. The van der Waals surface area contributed by atoms with Crippen LogP contribution in [0.2, 0.25) is 10.0 Å². The van der Waals surface area contributed by atoms with Crippen LogP contribution in [0.1, 0.15) is 25.3 Å². The Labute approximate surface area is 158 Å². The van der Waals surface area contributed by atoms with Gasteiger partial charge in [-0.2, -0.15) is 0 Å². The molecule has 0 radical (unpaired) electrons. The highest BCUT2D eigenvalue weighted by Gasteiger charge is 2.54. The number of hydrogen-bond acceptors (Lipinski definition) is 2. The van der Waals surface area contributed by atoms with Crippen molar-refractivity contribution in [3.8, 4) is 0 Å². The van der Waals surface area contributed by atoms with Crippen LogP contribution in [0.15, 0.2) is 46.9 Å². The standard InChI is InChI=1S/C18H14BrCl2NO2/c1-18(2)15(10-3-5-11(19)6-4-10)16(23)22(17(18)24)14-8-12(20)7-13(21)9-14/h3-9,15H,1-2H3. The molecule has 1 fully saturated rings. The maximum Gasteiger partial charge on any atom is 0.242 e. The van der Waals surface area contributed by atoms with Crippen LogP contribution in [0.3, 0.4) is 0 Å². The maximum atomic E-state index is 13.0. The predicted octanol–water partition coefficient (Wildman–Crippen LogP) is 5.44. The van der Waals surface area contributed by atoms with E-state index in [1.807, 2.05) is 24.3 Å². The molecular formula is C18H14BrCl2NO2. The molecule has 1 aliphatic heterocycles. The fourth-order valence-corrected chi connectivity index (χ4v) is 3.86. The fourth-order valence-electron chi connectivity index (χ4n) is 3.08. The molecule has 2 aromatic carbocycles. The third-order valence-corrected chi connectivity index (χ3v) is 5.22. The first-order chi connectivity index (χ1) is 11.2. The first-order valence-corrected chi connectivity index (χ1v) is 8.86. The van der Waals surface area contributed by atoms with Crippen molar-refractivity contribution >= 4 is 56.6 Å². The van der Waals surface area contributed by atoms with Crippen molar-refractivity contribution in [1.82, 2.24) is 0 Å². The van der Waals surface area contributed by atoms with E-state index in [9.17, 15) is 9.59 Å². The van der Waals surface area contributed by atoms with Gasteiger partial charge in [0.25, 0.3) is 0 Å². The second-order valence-corrected chi connectivity index (χ2v) is 8.10. The summed E-state index contributed by atoms with van der Waals surface area (Å²) in [7, 11) is 0. The zero-order valence-electron chi connectivity index (χ0n) is 13.0. The van der Waals surface area contributed by atoms with Gasteiger partial charge in [-0.3, -0.25) is 9.59 Å². The van der Waals surface area contributed by atoms with Crippen LogP contribution in [0.25, 0.3) is 0 Å². The quantitative estimate of drug-likeness (QED) is 0.599. The van der Waals surface area contributed by atoms with E-state index in [1.54, 1.807) is 32.0 Å². The lowest BCUT2D eigenvalue weighted by Gasteiger charge is -2.22. The highest BCUT2D eigenvalue weighted by molar-refractivity contribution is 9.10. The first kappa shape index (κ1) is 17.5. The number of carbonyl (C=O) groups is 2. The SMILES string of the molecule is CC1(C)C(=O)N(c2cc(Cl)cc(Cl)c2)C(=O)C1c1ccc(Br)cc1. The molecule has 2 aromatic rings. The van der Waals surface area contributed by atoms with E-state index in [0.717, 1.165) is 10.0 Å². The van der Waals surface area contributed by atoms with Crippen LogP contribution in [0, 0.1) is 5.41 Å². The molecule has 1 atom stereocenters. The van der Waals surface area contributed by atoms with Crippen LogP contribution >= 0.6 is 39.1 Å². The number of halogens is 3. The van der Waals surface area contributed by atoms with E-state index in [0.29, 0.717) is 15.7 Å². The number of imide groups is 1. The van der Waals surface area contributed by atoms with Crippen molar-refractivity contribution in [2.24, 2.45) is 5.41 Å². The molecule has 0 saturated carbocycles. The van der Waals surface area contributed by atoms with Crippen LogP contribution in [0.4, 0.5) is 5.69 Å². The summed E-state index contributed by atoms with van der Waals surface area (Å²) in [6.45, 7) is 3.57. The van der Waals surface area contributed by atoms with Crippen molar-refractivity contribution in [3.05, 3.63) is 62.5 Å². The van der Waals surface area contributed by atoms with Crippen LogP contribution < -0.4 is 4.90 Å². The summed E-state index contributed by atoms with van der Waals surface area (Å²) in [4.78, 5) is 27.2. The van der Waals surface area contributed by atoms with Gasteiger partial charge in [0.05, 0.1) is 17.0 Å². The number of anilines is 1. The highest BCUT2D eigenvalue weighted by atomic mass is 79.9. The zero-order valence-corrected chi connectivity index (χ0v) is 16.1. The number of amides is 2. The fraction of sp³-hybridized carbons (Fsp3) is 0.222. The van der Waals surface area contributed by atoms with Gasteiger partial charge >= 0.3 is 0 Å². The minimum Gasteiger partial charge on any atom is -0.273 e. The smallest absolute Gasteiger partial charge is 0.242 e. The van der Waals surface area contributed by atoms with E-state index in [2.05, 4.69) is 15.9 Å². The third kappa shape index (κ3) is 2.87. The zero-order chi connectivity index (χ0) is 17.6. The molecule has 0 aromatic heterocycles. The summed E-state index contributed by atoms with van der Waals surface area (Å²) >= 11 is 15.4. The Morgan fingerprint density at radius 2 is 1.54 bits per heavy atom. The second kappa shape index (κ2) is 6.17. The number of benzene rings is 2. The predicted molar refractivity (Wildman–Crippen MR) is 99.6 cm³/mol. The van der Waals surface area contributed by atoms with Gasteiger partial charge in [0.15, 0.2) is 0 Å². The van der Waals surface area contributed by atoms with E-state index in [-0.39, 0.29) is 11.8 Å². The molecule has 1 heterocycles. The van der Waals surface area contributed by atoms with E-state index >= 15 is 0 Å². The highest BCUT2D eigenvalue weighted by Crippen LogP contribution is 2.46. The average molecular weight is 427 g/mol. The molecule has 1 aliphatic rings.